The van der Waals surface area contributed by atoms with E-state index in [-0.39, 0.29) is 33.8 Å². The average molecular weight is 493 g/mol. The van der Waals surface area contributed by atoms with Gasteiger partial charge in [0.15, 0.2) is 0 Å². The topological polar surface area (TPSA) is 171 Å². The summed E-state index contributed by atoms with van der Waals surface area (Å²) in [6, 6.07) is 5.68. The number of phenols is 2. The highest BCUT2D eigenvalue weighted by molar-refractivity contribution is 6.33. The van der Waals surface area contributed by atoms with Crippen LogP contribution in [0.2, 0.25) is 0 Å². The van der Waals surface area contributed by atoms with E-state index in [4.69, 9.17) is 0 Å². The van der Waals surface area contributed by atoms with Crippen molar-refractivity contribution in [1.82, 2.24) is 21.5 Å². The third-order valence-corrected chi connectivity index (χ3v) is 6.20. The molecular formula is C24H28N8O4. The van der Waals surface area contributed by atoms with Crippen molar-refractivity contribution in [2.24, 2.45) is 9.98 Å². The zero-order chi connectivity index (χ0) is 25.1. The Kier molecular flexibility index (Phi) is 6.48. The van der Waals surface area contributed by atoms with E-state index in [0.29, 0.717) is 36.4 Å². The molecule has 0 bridgehead atoms. The largest absolute Gasteiger partial charge is 0.507 e. The van der Waals surface area contributed by atoms with Gasteiger partial charge >= 0.3 is 0 Å². The summed E-state index contributed by atoms with van der Waals surface area (Å²) in [5.74, 6) is -0.901. The number of guanidine groups is 2. The first-order valence-corrected chi connectivity index (χ1v) is 12.0. The molecule has 0 aromatic heterocycles. The summed E-state index contributed by atoms with van der Waals surface area (Å²) in [6.07, 6.45) is 3.91. The molecule has 2 aromatic carbocycles. The van der Waals surface area contributed by atoms with Crippen LogP contribution < -0.4 is 32.3 Å². The standard InChI is InChI=1S/C24H28N8O4/c33-15-7-8-16(34)20-19(15)21(35)17-13(29-31-23-25-9-1-2-10-26-23)5-6-14(18(17)22(20)36)30-32-24-27-11-3-4-12-28-24/h5-8,29-30,33-34H,1-4,9-12H2,(H2,25,26,31)(H2,27,28,32). The molecule has 0 fully saturated rings. The van der Waals surface area contributed by atoms with Crippen LogP contribution in [0.1, 0.15) is 57.5 Å². The number of nitrogens with one attached hydrogen (secondary N) is 6. The smallest absolute Gasteiger partial charge is 0.210 e. The van der Waals surface area contributed by atoms with Gasteiger partial charge in [0, 0.05) is 26.2 Å². The van der Waals surface area contributed by atoms with Crippen LogP contribution in [0.4, 0.5) is 11.4 Å². The van der Waals surface area contributed by atoms with Crippen molar-refractivity contribution in [3.8, 4) is 11.5 Å². The predicted octanol–water partition coefficient (Wildman–Crippen LogP) is 1.18. The predicted molar refractivity (Wildman–Crippen MR) is 136 cm³/mol. The molecule has 36 heavy (non-hydrogen) atoms. The Morgan fingerprint density at radius 1 is 0.611 bits per heavy atom. The Bertz CT molecular complexity index is 1180. The summed E-state index contributed by atoms with van der Waals surface area (Å²) < 4.78 is 0. The fraction of sp³-hybridized carbons (Fsp3) is 0.333. The Morgan fingerprint density at radius 3 is 1.50 bits per heavy atom. The maximum absolute atomic E-state index is 13.6. The number of anilines is 2. The van der Waals surface area contributed by atoms with Crippen molar-refractivity contribution < 1.29 is 19.8 Å². The summed E-state index contributed by atoms with van der Waals surface area (Å²) in [6.45, 7) is 2.85. The van der Waals surface area contributed by atoms with Gasteiger partial charge in [-0.3, -0.25) is 41.3 Å². The van der Waals surface area contributed by atoms with Crippen LogP contribution in [0.15, 0.2) is 34.3 Å². The van der Waals surface area contributed by atoms with Crippen LogP contribution in [0.5, 0.6) is 11.5 Å². The number of carbonyl (C=O) groups is 2. The minimum atomic E-state index is -0.596. The normalized spacial score (nSPS) is 17.1. The van der Waals surface area contributed by atoms with Gasteiger partial charge in [0.25, 0.3) is 0 Å². The Hall–Kier alpha value is -4.48. The van der Waals surface area contributed by atoms with Crippen LogP contribution in [-0.2, 0) is 0 Å². The van der Waals surface area contributed by atoms with E-state index < -0.39 is 11.6 Å². The Morgan fingerprint density at radius 2 is 1.06 bits per heavy atom. The number of benzene rings is 2. The van der Waals surface area contributed by atoms with Crippen molar-refractivity contribution >= 4 is 34.9 Å². The molecule has 2 aromatic rings. The average Bonchev–Trinajstić information content (AvgIpc) is 3.31. The van der Waals surface area contributed by atoms with Gasteiger partial charge in [0.2, 0.25) is 23.5 Å². The lowest BCUT2D eigenvalue weighted by Gasteiger charge is -2.25. The van der Waals surface area contributed by atoms with Crippen molar-refractivity contribution in [3.63, 3.8) is 0 Å². The molecule has 3 aliphatic rings. The lowest BCUT2D eigenvalue weighted by atomic mass is 9.81. The first-order valence-electron chi connectivity index (χ1n) is 12.0. The van der Waals surface area contributed by atoms with E-state index in [2.05, 4.69) is 42.3 Å². The van der Waals surface area contributed by atoms with Crippen LogP contribution in [0.3, 0.4) is 0 Å². The van der Waals surface area contributed by atoms with Crippen LogP contribution in [0, 0.1) is 0 Å². The molecule has 0 spiro atoms. The molecule has 5 rings (SSSR count). The van der Waals surface area contributed by atoms with Crippen molar-refractivity contribution in [2.45, 2.75) is 25.7 Å². The van der Waals surface area contributed by atoms with Gasteiger partial charge in [-0.2, -0.15) is 0 Å². The highest BCUT2D eigenvalue weighted by Crippen LogP contribution is 2.42. The number of aliphatic imine (C=N–C) groups is 2. The quantitative estimate of drug-likeness (QED) is 0.195. The third-order valence-electron chi connectivity index (χ3n) is 6.20. The number of hydrogen-bond acceptors (Lipinski definition) is 12. The van der Waals surface area contributed by atoms with Gasteiger partial charge in [0.1, 0.15) is 11.5 Å². The molecule has 2 aliphatic heterocycles. The van der Waals surface area contributed by atoms with Crippen molar-refractivity contribution in [1.29, 1.82) is 0 Å². The second-order valence-corrected chi connectivity index (χ2v) is 8.65. The molecule has 0 unspecified atom stereocenters. The number of ketones is 2. The molecule has 12 nitrogen and oxygen atoms in total. The Labute approximate surface area is 207 Å². The van der Waals surface area contributed by atoms with Gasteiger partial charge in [-0.1, -0.05) is 0 Å². The second kappa shape index (κ2) is 10.0. The fourth-order valence-electron chi connectivity index (χ4n) is 4.37. The first-order chi connectivity index (χ1) is 17.5. The van der Waals surface area contributed by atoms with Gasteiger partial charge in [0.05, 0.1) is 33.6 Å². The highest BCUT2D eigenvalue weighted by atomic mass is 16.3. The van der Waals surface area contributed by atoms with E-state index in [1.807, 2.05) is 0 Å². The number of fused-ring (bicyclic) bond motifs is 2. The summed E-state index contributed by atoms with van der Waals surface area (Å²) in [5, 5.41) is 27.2. The molecule has 1 aliphatic carbocycles. The van der Waals surface area contributed by atoms with Gasteiger partial charge < -0.3 is 20.8 Å². The zero-order valence-electron chi connectivity index (χ0n) is 19.6. The monoisotopic (exact) mass is 492 g/mol. The van der Waals surface area contributed by atoms with Crippen molar-refractivity contribution in [3.05, 3.63) is 46.5 Å². The van der Waals surface area contributed by atoms with Crippen LogP contribution in [-0.4, -0.2) is 59.9 Å². The van der Waals surface area contributed by atoms with E-state index in [9.17, 15) is 19.8 Å². The van der Waals surface area contributed by atoms with Crippen LogP contribution in [0.25, 0.3) is 0 Å². The molecule has 12 heteroatoms. The SMILES string of the molecule is O=C1c2c(O)ccc(O)c2C(=O)c2c(NNC3=NCCCCN3)ccc(NNC3=NCCCCN3)c21. The maximum atomic E-state index is 13.6. The Balaban J connectivity index is 1.53. The van der Waals surface area contributed by atoms with Gasteiger partial charge in [-0.15, -0.1) is 0 Å². The lowest BCUT2D eigenvalue weighted by Crippen LogP contribution is -2.42. The molecule has 0 saturated heterocycles. The summed E-state index contributed by atoms with van der Waals surface area (Å²) in [7, 11) is 0. The molecule has 0 radical (unpaired) electrons. The van der Waals surface area contributed by atoms with Crippen molar-refractivity contribution in [2.75, 3.05) is 37.0 Å². The van der Waals surface area contributed by atoms with Gasteiger partial charge in [-0.25, -0.2) is 0 Å². The summed E-state index contributed by atoms with van der Waals surface area (Å²) in [4.78, 5) is 36.1. The number of rotatable bonds is 4. The summed E-state index contributed by atoms with van der Waals surface area (Å²) >= 11 is 0. The summed E-state index contributed by atoms with van der Waals surface area (Å²) in [5.41, 5.74) is 12.2. The minimum Gasteiger partial charge on any atom is -0.507 e. The number of nitrogens with zero attached hydrogens (tertiary/aromatic N) is 2. The van der Waals surface area contributed by atoms with E-state index in [0.717, 1.165) is 38.8 Å². The zero-order valence-corrected chi connectivity index (χ0v) is 19.6. The molecule has 0 atom stereocenters. The number of carbonyl (C=O) groups excluding carboxylic acids is 2. The number of hydrazine groups is 2. The molecule has 188 valence electrons. The fourth-order valence-corrected chi connectivity index (χ4v) is 4.37. The molecular weight excluding hydrogens is 464 g/mol. The number of hydrogen-bond donors (Lipinski definition) is 8. The second-order valence-electron chi connectivity index (χ2n) is 8.65. The maximum Gasteiger partial charge on any atom is 0.210 e. The van der Waals surface area contributed by atoms with E-state index >= 15 is 0 Å². The van der Waals surface area contributed by atoms with Gasteiger partial charge in [-0.05, 0) is 49.9 Å². The molecule has 0 saturated carbocycles. The lowest BCUT2D eigenvalue weighted by molar-refractivity contribution is 0.0975. The molecule has 8 N–H and O–H groups in total. The van der Waals surface area contributed by atoms with E-state index in [1.54, 1.807) is 12.1 Å². The van der Waals surface area contributed by atoms with E-state index in [1.165, 1.54) is 12.1 Å². The number of aromatic hydroxyl groups is 2. The number of phenolic OH excluding ortho intramolecular Hbond substituents is 2. The van der Waals surface area contributed by atoms with Crippen LogP contribution >= 0.6 is 0 Å². The third kappa shape index (κ3) is 4.44. The molecule has 0 amide bonds. The first kappa shape index (κ1) is 23.3. The molecule has 2 heterocycles. The highest BCUT2D eigenvalue weighted by Gasteiger charge is 2.38. The minimum absolute atomic E-state index is 0.0534.